The maximum Gasteiger partial charge on any atom is 0.150 e. The third-order valence-corrected chi connectivity index (χ3v) is 4.26. The Balaban J connectivity index is 1.35. The molecule has 2 heterocycles. The minimum Gasteiger partial charge on any atom is -0.492 e. The van der Waals surface area contributed by atoms with Crippen LogP contribution in [-0.2, 0) is 6.54 Å². The maximum atomic E-state index is 5.86. The van der Waals surface area contributed by atoms with Crippen LogP contribution >= 0.6 is 11.6 Å². The van der Waals surface area contributed by atoms with E-state index >= 15 is 0 Å². The lowest BCUT2D eigenvalue weighted by Crippen LogP contribution is -2.46. The number of hydrogen-bond donors (Lipinski definition) is 0. The zero-order chi connectivity index (χ0) is 16.1. The quantitative estimate of drug-likeness (QED) is 0.812. The highest BCUT2D eigenvalue weighted by atomic mass is 35.5. The van der Waals surface area contributed by atoms with Gasteiger partial charge in [-0.1, -0.05) is 16.8 Å². The monoisotopic (exact) mass is 335 g/mol. The molecule has 124 valence electrons. The molecule has 1 aromatic carbocycles. The molecule has 1 aliphatic heterocycles. The lowest BCUT2D eigenvalue weighted by atomic mass is 10.3. The first kappa shape index (κ1) is 16.3. The average molecular weight is 336 g/mol. The highest BCUT2D eigenvalue weighted by molar-refractivity contribution is 6.30. The van der Waals surface area contributed by atoms with E-state index in [4.69, 9.17) is 20.9 Å². The Labute approximate surface area is 141 Å². The van der Waals surface area contributed by atoms with Crippen molar-refractivity contribution < 1.29 is 9.26 Å². The number of aryl methyl sites for hydroxylation is 1. The Bertz CT molecular complexity index is 607. The standard InChI is InChI=1S/C17H22ClN3O2/c1-14-12-17(23-19-14)13-21-8-6-20(7-9-21)10-11-22-16-4-2-15(18)3-5-16/h2-5,12H,6-11,13H2,1H3. The molecule has 0 saturated carbocycles. The van der Waals surface area contributed by atoms with Crippen molar-refractivity contribution in [2.75, 3.05) is 39.3 Å². The molecule has 1 fully saturated rings. The minimum absolute atomic E-state index is 0.697. The van der Waals surface area contributed by atoms with Crippen LogP contribution in [0.4, 0.5) is 0 Å². The lowest BCUT2D eigenvalue weighted by Gasteiger charge is -2.33. The summed E-state index contributed by atoms with van der Waals surface area (Å²) >= 11 is 5.86. The van der Waals surface area contributed by atoms with Crippen LogP contribution in [-0.4, -0.2) is 54.3 Å². The van der Waals surface area contributed by atoms with Gasteiger partial charge >= 0.3 is 0 Å². The van der Waals surface area contributed by atoms with Gasteiger partial charge in [0.1, 0.15) is 12.4 Å². The summed E-state index contributed by atoms with van der Waals surface area (Å²) in [5.74, 6) is 1.82. The van der Waals surface area contributed by atoms with Gasteiger partial charge in [-0.2, -0.15) is 0 Å². The average Bonchev–Trinajstić information content (AvgIpc) is 2.96. The molecule has 5 nitrogen and oxygen atoms in total. The first-order chi connectivity index (χ1) is 11.2. The van der Waals surface area contributed by atoms with Crippen molar-refractivity contribution >= 4 is 11.6 Å². The van der Waals surface area contributed by atoms with Gasteiger partial charge < -0.3 is 9.26 Å². The zero-order valence-electron chi connectivity index (χ0n) is 13.4. The van der Waals surface area contributed by atoms with Crippen molar-refractivity contribution in [3.8, 4) is 5.75 Å². The van der Waals surface area contributed by atoms with Crippen molar-refractivity contribution in [1.82, 2.24) is 15.0 Å². The molecule has 0 N–H and O–H groups in total. The summed E-state index contributed by atoms with van der Waals surface area (Å²) in [4.78, 5) is 4.83. The third-order valence-electron chi connectivity index (χ3n) is 4.01. The van der Waals surface area contributed by atoms with E-state index < -0.39 is 0 Å². The Kier molecular flexibility index (Phi) is 5.54. The summed E-state index contributed by atoms with van der Waals surface area (Å²) in [5.41, 5.74) is 0.943. The Morgan fingerprint density at radius 1 is 1.13 bits per heavy atom. The highest BCUT2D eigenvalue weighted by Gasteiger charge is 2.18. The van der Waals surface area contributed by atoms with Crippen LogP contribution in [0.15, 0.2) is 34.9 Å². The predicted octanol–water partition coefficient (Wildman–Crippen LogP) is 2.83. The second-order valence-electron chi connectivity index (χ2n) is 5.85. The summed E-state index contributed by atoms with van der Waals surface area (Å²) < 4.78 is 11.0. The van der Waals surface area contributed by atoms with E-state index in [1.165, 1.54) is 0 Å². The largest absolute Gasteiger partial charge is 0.492 e. The van der Waals surface area contributed by atoms with Crippen LogP contribution in [0.25, 0.3) is 0 Å². The molecule has 3 rings (SSSR count). The summed E-state index contributed by atoms with van der Waals surface area (Å²) in [5, 5.41) is 4.67. The molecule has 1 saturated heterocycles. The van der Waals surface area contributed by atoms with E-state index in [2.05, 4.69) is 15.0 Å². The fraction of sp³-hybridized carbons (Fsp3) is 0.471. The summed E-state index contributed by atoms with van der Waals surface area (Å²) in [7, 11) is 0. The second kappa shape index (κ2) is 7.81. The molecule has 23 heavy (non-hydrogen) atoms. The number of benzene rings is 1. The molecule has 2 aromatic rings. The Morgan fingerprint density at radius 3 is 2.48 bits per heavy atom. The Morgan fingerprint density at radius 2 is 1.83 bits per heavy atom. The molecule has 0 spiro atoms. The number of rotatable bonds is 6. The molecule has 1 aromatic heterocycles. The smallest absolute Gasteiger partial charge is 0.150 e. The summed E-state index contributed by atoms with van der Waals surface area (Å²) in [6.45, 7) is 8.62. The van der Waals surface area contributed by atoms with Gasteiger partial charge in [0, 0.05) is 43.8 Å². The van der Waals surface area contributed by atoms with Gasteiger partial charge in [-0.25, -0.2) is 0 Å². The van der Waals surface area contributed by atoms with E-state index in [0.29, 0.717) is 6.61 Å². The normalized spacial score (nSPS) is 16.6. The molecule has 0 radical (unpaired) electrons. The summed E-state index contributed by atoms with van der Waals surface area (Å²) in [6.07, 6.45) is 0. The number of halogens is 1. The van der Waals surface area contributed by atoms with Crippen LogP contribution in [0.1, 0.15) is 11.5 Å². The molecular weight excluding hydrogens is 314 g/mol. The van der Waals surface area contributed by atoms with Crippen LogP contribution in [0.3, 0.4) is 0 Å². The van der Waals surface area contributed by atoms with Gasteiger partial charge in [-0.3, -0.25) is 9.80 Å². The second-order valence-corrected chi connectivity index (χ2v) is 6.29. The molecule has 1 aliphatic rings. The van der Waals surface area contributed by atoms with Gasteiger partial charge in [-0.05, 0) is 31.2 Å². The molecule has 0 amide bonds. The highest BCUT2D eigenvalue weighted by Crippen LogP contribution is 2.15. The van der Waals surface area contributed by atoms with Gasteiger partial charge in [0.15, 0.2) is 5.76 Å². The fourth-order valence-corrected chi connectivity index (χ4v) is 2.83. The first-order valence-corrected chi connectivity index (χ1v) is 8.32. The number of hydrogen-bond acceptors (Lipinski definition) is 5. The van der Waals surface area contributed by atoms with Crippen molar-refractivity contribution in [3.05, 3.63) is 46.8 Å². The maximum absolute atomic E-state index is 5.86. The molecule has 0 atom stereocenters. The van der Waals surface area contributed by atoms with Gasteiger partial charge in [0.2, 0.25) is 0 Å². The van der Waals surface area contributed by atoms with Gasteiger partial charge in [0.05, 0.1) is 12.2 Å². The minimum atomic E-state index is 0.697. The van der Waals surface area contributed by atoms with Crippen molar-refractivity contribution in [3.63, 3.8) is 0 Å². The van der Waals surface area contributed by atoms with E-state index in [-0.39, 0.29) is 0 Å². The molecule has 0 bridgehead atoms. The SMILES string of the molecule is Cc1cc(CN2CCN(CCOc3ccc(Cl)cc3)CC2)on1. The van der Waals surface area contributed by atoms with Gasteiger partial charge in [-0.15, -0.1) is 0 Å². The third kappa shape index (κ3) is 4.96. The number of aromatic nitrogens is 1. The molecule has 6 heteroatoms. The lowest BCUT2D eigenvalue weighted by molar-refractivity contribution is 0.106. The van der Waals surface area contributed by atoms with Crippen LogP contribution < -0.4 is 4.74 Å². The van der Waals surface area contributed by atoms with Crippen molar-refractivity contribution in [2.24, 2.45) is 0 Å². The predicted molar refractivity (Wildman–Crippen MR) is 89.9 cm³/mol. The first-order valence-electron chi connectivity index (χ1n) is 7.94. The topological polar surface area (TPSA) is 41.7 Å². The fourth-order valence-electron chi connectivity index (χ4n) is 2.71. The molecular formula is C17H22ClN3O2. The van der Waals surface area contributed by atoms with Crippen LogP contribution in [0.5, 0.6) is 5.75 Å². The molecule has 0 unspecified atom stereocenters. The van der Waals surface area contributed by atoms with E-state index in [1.807, 2.05) is 37.3 Å². The summed E-state index contributed by atoms with van der Waals surface area (Å²) in [6, 6.07) is 9.51. The number of piperazine rings is 1. The number of ether oxygens (including phenoxy) is 1. The van der Waals surface area contributed by atoms with E-state index in [9.17, 15) is 0 Å². The zero-order valence-corrected chi connectivity index (χ0v) is 14.1. The van der Waals surface area contributed by atoms with Crippen LogP contribution in [0, 0.1) is 6.92 Å². The van der Waals surface area contributed by atoms with Crippen LogP contribution in [0.2, 0.25) is 5.02 Å². The number of nitrogens with zero attached hydrogens (tertiary/aromatic N) is 3. The van der Waals surface area contributed by atoms with Crippen molar-refractivity contribution in [1.29, 1.82) is 0 Å². The van der Waals surface area contributed by atoms with Gasteiger partial charge in [0.25, 0.3) is 0 Å². The van der Waals surface area contributed by atoms with E-state index in [0.717, 1.165) is 61.5 Å². The van der Waals surface area contributed by atoms with E-state index in [1.54, 1.807) is 0 Å². The Hall–Kier alpha value is -1.56. The molecule has 0 aliphatic carbocycles. The van der Waals surface area contributed by atoms with Crippen molar-refractivity contribution in [2.45, 2.75) is 13.5 Å².